The van der Waals surface area contributed by atoms with E-state index in [-0.39, 0.29) is 18.6 Å². The van der Waals surface area contributed by atoms with Crippen molar-refractivity contribution in [2.45, 2.75) is 12.5 Å². The summed E-state index contributed by atoms with van der Waals surface area (Å²) in [6, 6.07) is 5.16. The third kappa shape index (κ3) is 3.58. The third-order valence-corrected chi connectivity index (χ3v) is 2.35. The first-order valence-corrected chi connectivity index (χ1v) is 5.18. The number of ketones is 1. The molecule has 0 bridgehead atoms. The quantitative estimate of drug-likeness (QED) is 0.542. The van der Waals surface area contributed by atoms with Gasteiger partial charge >= 0.3 is 5.97 Å². The number of benzene rings is 1. The Hall–Kier alpha value is -2.37. The van der Waals surface area contributed by atoms with Gasteiger partial charge in [0.05, 0.1) is 7.11 Å². The zero-order valence-electron chi connectivity index (χ0n) is 9.75. The van der Waals surface area contributed by atoms with Crippen molar-refractivity contribution in [2.24, 2.45) is 0 Å². The van der Waals surface area contributed by atoms with Crippen molar-refractivity contribution in [3.8, 4) is 5.75 Å². The standard InChI is InChI=1S/C12H13NO5/c1-18-9-4-2-3-8(5-9)11(15)6-10(12(16)17)13-7-14/h2-5,7,10H,6H2,1H3,(H,13,14)(H,16,17). The van der Waals surface area contributed by atoms with Gasteiger partial charge in [0.1, 0.15) is 11.8 Å². The van der Waals surface area contributed by atoms with Crippen LogP contribution in [0.3, 0.4) is 0 Å². The monoisotopic (exact) mass is 251 g/mol. The second-order valence-electron chi connectivity index (χ2n) is 3.53. The number of aliphatic carboxylic acids is 1. The van der Waals surface area contributed by atoms with Gasteiger partial charge in [0, 0.05) is 12.0 Å². The van der Waals surface area contributed by atoms with Gasteiger partial charge < -0.3 is 15.2 Å². The van der Waals surface area contributed by atoms with Crippen LogP contribution in [0.25, 0.3) is 0 Å². The van der Waals surface area contributed by atoms with E-state index in [2.05, 4.69) is 5.32 Å². The van der Waals surface area contributed by atoms with Crippen molar-refractivity contribution in [3.63, 3.8) is 0 Å². The molecule has 6 nitrogen and oxygen atoms in total. The Labute approximate surface area is 104 Å². The summed E-state index contributed by atoms with van der Waals surface area (Å²) in [5.74, 6) is -1.12. The van der Waals surface area contributed by atoms with E-state index in [0.717, 1.165) is 0 Å². The maximum absolute atomic E-state index is 11.8. The number of nitrogens with one attached hydrogen (secondary N) is 1. The molecular weight excluding hydrogens is 238 g/mol. The molecule has 0 saturated carbocycles. The molecule has 1 aromatic carbocycles. The number of rotatable bonds is 7. The third-order valence-electron chi connectivity index (χ3n) is 2.35. The number of ether oxygens (including phenoxy) is 1. The average Bonchev–Trinajstić information content (AvgIpc) is 2.38. The van der Waals surface area contributed by atoms with Gasteiger partial charge in [-0.15, -0.1) is 0 Å². The van der Waals surface area contributed by atoms with Gasteiger partial charge in [0.15, 0.2) is 5.78 Å². The summed E-state index contributed by atoms with van der Waals surface area (Å²) < 4.78 is 4.96. The van der Waals surface area contributed by atoms with Crippen molar-refractivity contribution in [3.05, 3.63) is 29.8 Å². The molecule has 6 heteroatoms. The predicted octanol–water partition coefficient (Wildman–Crippen LogP) is 0.467. The van der Waals surface area contributed by atoms with Crippen LogP contribution in [0, 0.1) is 0 Å². The second kappa shape index (κ2) is 6.39. The first kappa shape index (κ1) is 13.7. The van der Waals surface area contributed by atoms with Gasteiger partial charge in [-0.05, 0) is 12.1 Å². The van der Waals surface area contributed by atoms with Crippen molar-refractivity contribution in [1.29, 1.82) is 0 Å². The van der Waals surface area contributed by atoms with Crippen LogP contribution >= 0.6 is 0 Å². The van der Waals surface area contributed by atoms with E-state index in [1.165, 1.54) is 13.2 Å². The van der Waals surface area contributed by atoms with Crippen LogP contribution < -0.4 is 10.1 Å². The number of carbonyl (C=O) groups is 3. The van der Waals surface area contributed by atoms with Gasteiger partial charge in [-0.25, -0.2) is 4.79 Å². The molecule has 0 spiro atoms. The lowest BCUT2D eigenvalue weighted by molar-refractivity contribution is -0.140. The summed E-state index contributed by atoms with van der Waals surface area (Å²) in [5.41, 5.74) is 0.341. The Morgan fingerprint density at radius 3 is 2.78 bits per heavy atom. The summed E-state index contributed by atoms with van der Waals surface area (Å²) in [7, 11) is 1.47. The molecule has 96 valence electrons. The number of carbonyl (C=O) groups excluding carboxylic acids is 2. The van der Waals surface area contributed by atoms with Crippen LogP contribution in [0.5, 0.6) is 5.75 Å². The van der Waals surface area contributed by atoms with Crippen LogP contribution in [-0.4, -0.2) is 36.4 Å². The number of hydrogen-bond donors (Lipinski definition) is 2. The summed E-state index contributed by atoms with van der Waals surface area (Å²) >= 11 is 0. The van der Waals surface area contributed by atoms with E-state index in [1.807, 2.05) is 0 Å². The highest BCUT2D eigenvalue weighted by atomic mass is 16.5. The van der Waals surface area contributed by atoms with E-state index in [4.69, 9.17) is 9.84 Å². The van der Waals surface area contributed by atoms with E-state index < -0.39 is 12.0 Å². The van der Waals surface area contributed by atoms with Crippen molar-refractivity contribution in [2.75, 3.05) is 7.11 Å². The smallest absolute Gasteiger partial charge is 0.326 e. The minimum absolute atomic E-state index is 0.262. The highest BCUT2D eigenvalue weighted by Gasteiger charge is 2.21. The molecule has 1 rings (SSSR count). The summed E-state index contributed by atoms with van der Waals surface area (Å²) in [4.78, 5) is 32.8. The molecule has 0 aliphatic heterocycles. The Bertz CT molecular complexity index is 458. The minimum Gasteiger partial charge on any atom is -0.497 e. The van der Waals surface area contributed by atoms with Gasteiger partial charge in [-0.1, -0.05) is 12.1 Å². The van der Waals surface area contributed by atoms with Crippen LogP contribution in [0.1, 0.15) is 16.8 Å². The molecule has 0 heterocycles. The first-order chi connectivity index (χ1) is 8.58. The number of amides is 1. The molecule has 0 aliphatic rings. The average molecular weight is 251 g/mol. The molecular formula is C12H13NO5. The SMILES string of the molecule is COc1cccc(C(=O)CC(NC=O)C(=O)O)c1. The number of hydrogen-bond acceptors (Lipinski definition) is 4. The van der Waals surface area contributed by atoms with E-state index in [9.17, 15) is 14.4 Å². The lowest BCUT2D eigenvalue weighted by atomic mass is 10.0. The molecule has 0 aromatic heterocycles. The van der Waals surface area contributed by atoms with Crippen LogP contribution in [0.4, 0.5) is 0 Å². The minimum atomic E-state index is -1.25. The fourth-order valence-electron chi connectivity index (χ4n) is 1.40. The first-order valence-electron chi connectivity index (χ1n) is 5.18. The van der Waals surface area contributed by atoms with Crippen LogP contribution in [0.2, 0.25) is 0 Å². The Morgan fingerprint density at radius 2 is 2.22 bits per heavy atom. The van der Waals surface area contributed by atoms with Gasteiger partial charge in [-0.2, -0.15) is 0 Å². The van der Waals surface area contributed by atoms with Gasteiger partial charge in [-0.3, -0.25) is 9.59 Å². The van der Waals surface area contributed by atoms with E-state index >= 15 is 0 Å². The second-order valence-corrected chi connectivity index (χ2v) is 3.53. The van der Waals surface area contributed by atoms with Crippen molar-refractivity contribution < 1.29 is 24.2 Å². The maximum Gasteiger partial charge on any atom is 0.326 e. The van der Waals surface area contributed by atoms with Gasteiger partial charge in [0.2, 0.25) is 6.41 Å². The summed E-state index contributed by atoms with van der Waals surface area (Å²) in [6.45, 7) is 0. The highest BCUT2D eigenvalue weighted by molar-refractivity contribution is 5.99. The summed E-state index contributed by atoms with van der Waals surface area (Å²) in [6.07, 6.45) is -0.0428. The maximum atomic E-state index is 11.8. The largest absolute Gasteiger partial charge is 0.497 e. The molecule has 2 N–H and O–H groups in total. The zero-order valence-corrected chi connectivity index (χ0v) is 9.75. The van der Waals surface area contributed by atoms with Crippen molar-refractivity contribution in [1.82, 2.24) is 5.32 Å². The summed E-state index contributed by atoms with van der Waals surface area (Å²) in [5, 5.41) is 10.9. The lowest BCUT2D eigenvalue weighted by Gasteiger charge is -2.10. The van der Waals surface area contributed by atoms with Gasteiger partial charge in [0.25, 0.3) is 0 Å². The number of methoxy groups -OCH3 is 1. The fourth-order valence-corrected chi connectivity index (χ4v) is 1.40. The molecule has 0 saturated heterocycles. The molecule has 1 atom stereocenters. The predicted molar refractivity (Wildman–Crippen MR) is 62.6 cm³/mol. The molecule has 1 aromatic rings. The number of Topliss-reactive ketones (excluding diaryl/α,β-unsaturated/α-hetero) is 1. The molecule has 0 radical (unpaired) electrons. The van der Waals surface area contributed by atoms with Crippen LogP contribution in [-0.2, 0) is 9.59 Å². The number of carboxylic acid groups (broad SMARTS) is 1. The molecule has 0 fully saturated rings. The Morgan fingerprint density at radius 1 is 1.50 bits per heavy atom. The van der Waals surface area contributed by atoms with Crippen molar-refractivity contribution >= 4 is 18.2 Å². The molecule has 1 unspecified atom stereocenters. The van der Waals surface area contributed by atoms with E-state index in [0.29, 0.717) is 11.3 Å². The highest BCUT2D eigenvalue weighted by Crippen LogP contribution is 2.14. The number of carboxylic acids is 1. The normalized spacial score (nSPS) is 11.4. The zero-order chi connectivity index (χ0) is 13.5. The van der Waals surface area contributed by atoms with E-state index in [1.54, 1.807) is 18.2 Å². The Kier molecular flexibility index (Phi) is 4.86. The molecule has 0 aliphatic carbocycles. The fraction of sp³-hybridized carbons (Fsp3) is 0.250. The Balaban J connectivity index is 2.79. The lowest BCUT2D eigenvalue weighted by Crippen LogP contribution is -2.37. The molecule has 1 amide bonds. The molecule has 18 heavy (non-hydrogen) atoms. The topological polar surface area (TPSA) is 92.7 Å². The van der Waals surface area contributed by atoms with Crippen LogP contribution in [0.15, 0.2) is 24.3 Å².